The van der Waals surface area contributed by atoms with Gasteiger partial charge in [0, 0.05) is 32.6 Å². The highest BCUT2D eigenvalue weighted by molar-refractivity contribution is 7.91. The zero-order valence-electron chi connectivity index (χ0n) is 18.1. The molecular formula is C23H27N3O3S2. The number of amides is 1. The Labute approximate surface area is 187 Å². The van der Waals surface area contributed by atoms with E-state index in [4.69, 9.17) is 4.98 Å². The van der Waals surface area contributed by atoms with Gasteiger partial charge in [0.25, 0.3) is 0 Å². The number of sulfone groups is 1. The van der Waals surface area contributed by atoms with E-state index < -0.39 is 9.84 Å². The van der Waals surface area contributed by atoms with Crippen LogP contribution in [0.3, 0.4) is 0 Å². The minimum absolute atomic E-state index is 0.00966. The first-order chi connectivity index (χ1) is 14.7. The van der Waals surface area contributed by atoms with Crippen LogP contribution in [0.5, 0.6) is 0 Å². The maximum absolute atomic E-state index is 12.6. The van der Waals surface area contributed by atoms with Gasteiger partial charge in [-0.1, -0.05) is 41.2 Å². The van der Waals surface area contributed by atoms with Gasteiger partial charge in [0.15, 0.2) is 15.0 Å². The Balaban J connectivity index is 1.35. The number of fused-ring (bicyclic) bond motifs is 1. The van der Waals surface area contributed by atoms with Crippen LogP contribution in [0.15, 0.2) is 41.3 Å². The summed E-state index contributed by atoms with van der Waals surface area (Å²) in [6, 6.07) is 11.0. The molecule has 1 aliphatic rings. The van der Waals surface area contributed by atoms with Crippen LogP contribution in [-0.4, -0.2) is 56.1 Å². The highest BCUT2D eigenvalue weighted by atomic mass is 32.2. The molecule has 3 aromatic rings. The molecule has 0 N–H and O–H groups in total. The molecule has 0 aliphatic carbocycles. The quantitative estimate of drug-likeness (QED) is 0.584. The lowest BCUT2D eigenvalue weighted by Gasteiger charge is -2.34. The number of anilines is 1. The fraction of sp³-hybridized carbons (Fsp3) is 0.391. The number of rotatable bonds is 5. The zero-order chi connectivity index (χ0) is 22.2. The van der Waals surface area contributed by atoms with Crippen LogP contribution in [0.2, 0.25) is 0 Å². The second kappa shape index (κ2) is 8.59. The van der Waals surface area contributed by atoms with Gasteiger partial charge in [-0.15, -0.1) is 0 Å². The van der Waals surface area contributed by atoms with Gasteiger partial charge in [-0.05, 0) is 44.0 Å². The molecule has 8 heteroatoms. The highest BCUT2D eigenvalue weighted by Crippen LogP contribution is 2.33. The second-order valence-electron chi connectivity index (χ2n) is 8.12. The molecule has 4 rings (SSSR count). The Bertz CT molecular complexity index is 1170. The lowest BCUT2D eigenvalue weighted by atomic mass is 10.1. The summed E-state index contributed by atoms with van der Waals surface area (Å²) in [5.41, 5.74) is 4.46. The number of aryl methyl sites for hydroxylation is 3. The number of carbonyl (C=O) groups is 1. The summed E-state index contributed by atoms with van der Waals surface area (Å²) in [5, 5.41) is 0.987. The molecular weight excluding hydrogens is 430 g/mol. The molecule has 164 valence electrons. The van der Waals surface area contributed by atoms with Crippen LogP contribution >= 0.6 is 11.3 Å². The Hall–Kier alpha value is -2.45. The number of piperazine rings is 1. The van der Waals surface area contributed by atoms with Crippen LogP contribution in [-0.2, 0) is 14.6 Å². The number of aromatic nitrogens is 1. The summed E-state index contributed by atoms with van der Waals surface area (Å²) >= 11 is 1.70. The lowest BCUT2D eigenvalue weighted by Crippen LogP contribution is -2.49. The fourth-order valence-electron chi connectivity index (χ4n) is 3.77. The summed E-state index contributed by atoms with van der Waals surface area (Å²) in [4.78, 5) is 21.7. The number of hydrogen-bond donors (Lipinski definition) is 0. The van der Waals surface area contributed by atoms with Crippen LogP contribution in [0.4, 0.5) is 5.13 Å². The molecule has 0 unspecified atom stereocenters. The van der Waals surface area contributed by atoms with Gasteiger partial charge >= 0.3 is 0 Å². The predicted octanol–water partition coefficient (Wildman–Crippen LogP) is 3.73. The van der Waals surface area contributed by atoms with E-state index in [0.717, 1.165) is 16.2 Å². The van der Waals surface area contributed by atoms with Crippen molar-refractivity contribution >= 4 is 42.4 Å². The molecule has 1 aliphatic heterocycles. The van der Waals surface area contributed by atoms with Gasteiger partial charge in [0.05, 0.1) is 20.9 Å². The van der Waals surface area contributed by atoms with Crippen molar-refractivity contribution in [2.24, 2.45) is 0 Å². The molecule has 1 amide bonds. The topological polar surface area (TPSA) is 70.6 Å². The average molecular weight is 458 g/mol. The molecule has 6 nitrogen and oxygen atoms in total. The summed E-state index contributed by atoms with van der Waals surface area (Å²) in [6.45, 7) is 8.66. The number of carbonyl (C=O) groups excluding carboxylic acids is 1. The Morgan fingerprint density at radius 2 is 1.61 bits per heavy atom. The normalized spacial score (nSPS) is 14.9. The first-order valence-electron chi connectivity index (χ1n) is 10.4. The van der Waals surface area contributed by atoms with Gasteiger partial charge in [-0.25, -0.2) is 13.4 Å². The lowest BCUT2D eigenvalue weighted by molar-refractivity contribution is -0.131. The monoisotopic (exact) mass is 457 g/mol. The van der Waals surface area contributed by atoms with Crippen molar-refractivity contribution in [3.05, 3.63) is 53.1 Å². The Morgan fingerprint density at radius 3 is 2.26 bits per heavy atom. The third-order valence-corrected chi connectivity index (χ3v) is 8.78. The average Bonchev–Trinajstić information content (AvgIpc) is 3.22. The van der Waals surface area contributed by atoms with Crippen molar-refractivity contribution in [2.75, 3.05) is 36.8 Å². The van der Waals surface area contributed by atoms with Gasteiger partial charge in [-0.2, -0.15) is 0 Å². The van der Waals surface area contributed by atoms with Crippen LogP contribution < -0.4 is 4.90 Å². The van der Waals surface area contributed by atoms with E-state index in [1.165, 1.54) is 15.8 Å². The fourth-order valence-corrected chi connectivity index (χ4v) is 6.17. The predicted molar refractivity (Wildman–Crippen MR) is 126 cm³/mol. The molecule has 1 saturated heterocycles. The third-order valence-electron chi connectivity index (χ3n) is 5.80. The summed E-state index contributed by atoms with van der Waals surface area (Å²) in [7, 11) is -3.45. The van der Waals surface area contributed by atoms with E-state index in [2.05, 4.69) is 30.9 Å². The zero-order valence-corrected chi connectivity index (χ0v) is 19.7. The minimum Gasteiger partial charge on any atom is -0.345 e. The first kappa shape index (κ1) is 21.8. The molecule has 0 bridgehead atoms. The van der Waals surface area contributed by atoms with Crippen LogP contribution in [0.25, 0.3) is 10.2 Å². The van der Waals surface area contributed by atoms with E-state index in [9.17, 15) is 13.2 Å². The SMILES string of the molecule is Cc1ccc(S(=O)(=O)CCC(=O)N2CCN(c3nc4c(C)ccc(C)c4s3)CC2)cc1. The van der Waals surface area contributed by atoms with Crippen molar-refractivity contribution in [2.45, 2.75) is 32.1 Å². The molecule has 0 spiro atoms. The number of thiazole rings is 1. The Morgan fingerprint density at radius 1 is 0.968 bits per heavy atom. The molecule has 31 heavy (non-hydrogen) atoms. The summed E-state index contributed by atoms with van der Waals surface area (Å²) in [6.07, 6.45) is 0.00966. The van der Waals surface area contributed by atoms with Crippen LogP contribution in [0, 0.1) is 20.8 Å². The summed E-state index contributed by atoms with van der Waals surface area (Å²) < 4.78 is 26.3. The van der Waals surface area contributed by atoms with E-state index >= 15 is 0 Å². The maximum atomic E-state index is 12.6. The maximum Gasteiger partial charge on any atom is 0.223 e. The van der Waals surface area contributed by atoms with Gasteiger partial charge in [-0.3, -0.25) is 4.79 Å². The molecule has 0 atom stereocenters. The second-order valence-corrected chi connectivity index (χ2v) is 11.2. The van der Waals surface area contributed by atoms with Crippen molar-refractivity contribution in [3.8, 4) is 0 Å². The number of nitrogens with zero attached hydrogens (tertiary/aromatic N) is 3. The van der Waals surface area contributed by atoms with E-state index in [1.54, 1.807) is 40.5 Å². The van der Waals surface area contributed by atoms with E-state index in [1.807, 2.05) is 6.92 Å². The van der Waals surface area contributed by atoms with Crippen LogP contribution in [0.1, 0.15) is 23.1 Å². The molecule has 2 heterocycles. The van der Waals surface area contributed by atoms with Gasteiger partial charge < -0.3 is 9.80 Å². The largest absolute Gasteiger partial charge is 0.345 e. The number of hydrogen-bond acceptors (Lipinski definition) is 6. The number of benzene rings is 2. The molecule has 1 aromatic heterocycles. The van der Waals surface area contributed by atoms with Gasteiger partial charge in [0.1, 0.15) is 0 Å². The minimum atomic E-state index is -3.45. The van der Waals surface area contributed by atoms with E-state index in [0.29, 0.717) is 26.2 Å². The standard InChI is InChI=1S/C23H27N3O3S2/c1-16-4-8-19(9-5-16)31(28,29)15-10-20(27)25-11-13-26(14-12-25)23-24-21-17(2)6-7-18(3)22(21)30-23/h4-9H,10-15H2,1-3H3. The molecule has 2 aromatic carbocycles. The molecule has 0 radical (unpaired) electrons. The third kappa shape index (κ3) is 4.60. The van der Waals surface area contributed by atoms with E-state index in [-0.39, 0.29) is 23.0 Å². The van der Waals surface area contributed by atoms with Crippen molar-refractivity contribution < 1.29 is 13.2 Å². The van der Waals surface area contributed by atoms with Gasteiger partial charge in [0.2, 0.25) is 5.91 Å². The summed E-state index contributed by atoms with van der Waals surface area (Å²) in [5.74, 6) is -0.266. The molecule has 1 fully saturated rings. The van der Waals surface area contributed by atoms with Crippen molar-refractivity contribution in [1.82, 2.24) is 9.88 Å². The Kier molecular flexibility index (Phi) is 6.03. The highest BCUT2D eigenvalue weighted by Gasteiger charge is 2.25. The molecule has 0 saturated carbocycles. The first-order valence-corrected chi connectivity index (χ1v) is 12.9. The van der Waals surface area contributed by atoms with Crippen molar-refractivity contribution in [1.29, 1.82) is 0 Å². The van der Waals surface area contributed by atoms with Crippen molar-refractivity contribution in [3.63, 3.8) is 0 Å². The smallest absolute Gasteiger partial charge is 0.223 e.